The summed E-state index contributed by atoms with van der Waals surface area (Å²) in [5, 5.41) is 2.98. The van der Waals surface area contributed by atoms with E-state index in [0.717, 1.165) is 56.3 Å². The van der Waals surface area contributed by atoms with Crippen LogP contribution in [0, 0.1) is 5.92 Å². The van der Waals surface area contributed by atoms with Gasteiger partial charge in [0.15, 0.2) is 0 Å². The Hall–Kier alpha value is -1.78. The molecule has 3 heterocycles. The zero-order chi connectivity index (χ0) is 15.4. The molecule has 0 bridgehead atoms. The van der Waals surface area contributed by atoms with Crippen molar-refractivity contribution in [3.63, 3.8) is 0 Å². The third kappa shape index (κ3) is 3.70. The van der Waals surface area contributed by atoms with Crippen LogP contribution in [0.1, 0.15) is 38.2 Å². The van der Waals surface area contributed by atoms with Gasteiger partial charge in [-0.25, -0.2) is 9.78 Å². The average molecular weight is 302 g/mol. The number of aromatic nitrogens is 1. The maximum absolute atomic E-state index is 11.9. The highest BCUT2D eigenvalue weighted by molar-refractivity contribution is 5.74. The zero-order valence-electron chi connectivity index (χ0n) is 13.4. The molecule has 2 fully saturated rings. The molecule has 1 aromatic heterocycles. The fourth-order valence-electron chi connectivity index (χ4n) is 3.16. The fraction of sp³-hybridized carbons (Fsp3) is 0.647. The van der Waals surface area contributed by atoms with Crippen LogP contribution in [0.15, 0.2) is 18.3 Å². The van der Waals surface area contributed by atoms with E-state index >= 15 is 0 Å². The molecule has 0 aliphatic carbocycles. The lowest BCUT2D eigenvalue weighted by Gasteiger charge is -2.31. The molecule has 0 spiro atoms. The van der Waals surface area contributed by atoms with Gasteiger partial charge >= 0.3 is 6.03 Å². The number of pyridine rings is 1. The Balaban J connectivity index is 1.50. The summed E-state index contributed by atoms with van der Waals surface area (Å²) in [6, 6.07) is 4.20. The maximum Gasteiger partial charge on any atom is 0.317 e. The lowest BCUT2D eigenvalue weighted by atomic mass is 9.99. The zero-order valence-corrected chi connectivity index (χ0v) is 13.4. The first-order valence-corrected chi connectivity index (χ1v) is 8.45. The molecule has 2 saturated heterocycles. The summed E-state index contributed by atoms with van der Waals surface area (Å²) >= 11 is 0. The van der Waals surface area contributed by atoms with Crippen LogP contribution in [0.3, 0.4) is 0 Å². The summed E-state index contributed by atoms with van der Waals surface area (Å²) in [5.74, 6) is 1.89. The monoisotopic (exact) mass is 302 g/mol. The topological polar surface area (TPSA) is 48.5 Å². The van der Waals surface area contributed by atoms with Gasteiger partial charge in [0.05, 0.1) is 0 Å². The molecule has 1 aromatic rings. The Morgan fingerprint density at radius 3 is 2.59 bits per heavy atom. The summed E-state index contributed by atoms with van der Waals surface area (Å²) in [7, 11) is 0. The first kappa shape index (κ1) is 15.1. The van der Waals surface area contributed by atoms with Crippen LogP contribution in [0.25, 0.3) is 0 Å². The van der Waals surface area contributed by atoms with Gasteiger partial charge in [-0.05, 0) is 43.2 Å². The van der Waals surface area contributed by atoms with Crippen molar-refractivity contribution in [1.82, 2.24) is 15.2 Å². The summed E-state index contributed by atoms with van der Waals surface area (Å²) < 4.78 is 0. The molecule has 0 atom stereocenters. The molecular weight excluding hydrogens is 276 g/mol. The number of nitrogens with zero attached hydrogens (tertiary/aromatic N) is 3. The molecule has 2 aliphatic heterocycles. The minimum absolute atomic E-state index is 0.0478. The number of carbonyl (C=O) groups excluding carboxylic acids is 1. The second-order valence-corrected chi connectivity index (χ2v) is 6.55. The lowest BCUT2D eigenvalue weighted by Crippen LogP contribution is -2.37. The molecule has 2 aliphatic rings. The number of likely N-dealkylation sites (tertiary alicyclic amines) is 1. The first-order chi connectivity index (χ1) is 10.7. The molecule has 0 aromatic carbocycles. The molecule has 22 heavy (non-hydrogen) atoms. The van der Waals surface area contributed by atoms with E-state index in [1.165, 1.54) is 12.8 Å². The van der Waals surface area contributed by atoms with Crippen molar-refractivity contribution in [2.45, 2.75) is 39.2 Å². The fourth-order valence-corrected chi connectivity index (χ4v) is 3.16. The number of nitrogens with one attached hydrogen (secondary N) is 1. The highest BCUT2D eigenvalue weighted by atomic mass is 16.2. The van der Waals surface area contributed by atoms with Crippen LogP contribution in [0.4, 0.5) is 10.6 Å². The smallest absolute Gasteiger partial charge is 0.317 e. The number of hydrogen-bond donors (Lipinski definition) is 1. The van der Waals surface area contributed by atoms with E-state index in [4.69, 9.17) is 0 Å². The molecule has 5 heteroatoms. The SMILES string of the molecule is CC1CCN(c2ccc(CNC(=O)N3CCCC3)cn2)CC1. The second-order valence-electron chi connectivity index (χ2n) is 6.55. The van der Waals surface area contributed by atoms with Crippen molar-refractivity contribution in [2.24, 2.45) is 5.92 Å². The van der Waals surface area contributed by atoms with Crippen LogP contribution in [0.5, 0.6) is 0 Å². The van der Waals surface area contributed by atoms with E-state index in [2.05, 4.69) is 34.3 Å². The molecule has 1 N–H and O–H groups in total. The Labute approximate surface area is 132 Å². The van der Waals surface area contributed by atoms with E-state index in [1.807, 2.05) is 11.1 Å². The van der Waals surface area contributed by atoms with Crippen molar-refractivity contribution in [2.75, 3.05) is 31.1 Å². The van der Waals surface area contributed by atoms with E-state index in [1.54, 1.807) is 0 Å². The van der Waals surface area contributed by atoms with E-state index in [9.17, 15) is 4.79 Å². The molecule has 120 valence electrons. The van der Waals surface area contributed by atoms with Gasteiger partial charge in [0.25, 0.3) is 0 Å². The second kappa shape index (κ2) is 6.99. The quantitative estimate of drug-likeness (QED) is 0.933. The number of rotatable bonds is 3. The van der Waals surface area contributed by atoms with Crippen LogP contribution >= 0.6 is 0 Å². The third-order valence-corrected chi connectivity index (χ3v) is 4.75. The molecule has 2 amide bonds. The van der Waals surface area contributed by atoms with Crippen LogP contribution in [0.2, 0.25) is 0 Å². The Kier molecular flexibility index (Phi) is 4.80. The highest BCUT2D eigenvalue weighted by Crippen LogP contribution is 2.21. The van der Waals surface area contributed by atoms with Crippen LogP contribution in [-0.4, -0.2) is 42.1 Å². The number of carbonyl (C=O) groups is 1. The Bertz CT molecular complexity index is 488. The molecule has 0 radical (unpaired) electrons. The normalized spacial score (nSPS) is 19.5. The van der Waals surface area contributed by atoms with E-state index < -0.39 is 0 Å². The molecule has 3 rings (SSSR count). The summed E-state index contributed by atoms with van der Waals surface area (Å²) in [4.78, 5) is 20.8. The summed E-state index contributed by atoms with van der Waals surface area (Å²) in [6.45, 7) is 6.84. The molecular formula is C17H26N4O. The van der Waals surface area contributed by atoms with Gasteiger partial charge in [0, 0.05) is 38.9 Å². The predicted molar refractivity (Wildman–Crippen MR) is 87.9 cm³/mol. The van der Waals surface area contributed by atoms with Gasteiger partial charge in [-0.1, -0.05) is 13.0 Å². The summed E-state index contributed by atoms with van der Waals surface area (Å²) in [6.07, 6.45) is 6.62. The van der Waals surface area contributed by atoms with Gasteiger partial charge < -0.3 is 15.1 Å². The van der Waals surface area contributed by atoms with Crippen molar-refractivity contribution in [3.05, 3.63) is 23.9 Å². The lowest BCUT2D eigenvalue weighted by molar-refractivity contribution is 0.208. The minimum Gasteiger partial charge on any atom is -0.357 e. The van der Waals surface area contributed by atoms with E-state index in [-0.39, 0.29) is 6.03 Å². The van der Waals surface area contributed by atoms with Crippen molar-refractivity contribution < 1.29 is 4.79 Å². The van der Waals surface area contributed by atoms with Gasteiger partial charge in [-0.2, -0.15) is 0 Å². The van der Waals surface area contributed by atoms with Crippen molar-refractivity contribution in [3.8, 4) is 0 Å². The van der Waals surface area contributed by atoms with Crippen molar-refractivity contribution in [1.29, 1.82) is 0 Å². The minimum atomic E-state index is 0.0478. The predicted octanol–water partition coefficient (Wildman–Crippen LogP) is 2.62. The van der Waals surface area contributed by atoms with E-state index in [0.29, 0.717) is 6.54 Å². The summed E-state index contributed by atoms with van der Waals surface area (Å²) in [5.41, 5.74) is 1.06. The molecule has 0 unspecified atom stereocenters. The first-order valence-electron chi connectivity index (χ1n) is 8.45. The van der Waals surface area contributed by atoms with Crippen LogP contribution in [-0.2, 0) is 6.54 Å². The molecule has 5 nitrogen and oxygen atoms in total. The highest BCUT2D eigenvalue weighted by Gasteiger charge is 2.18. The third-order valence-electron chi connectivity index (χ3n) is 4.75. The largest absolute Gasteiger partial charge is 0.357 e. The van der Waals surface area contributed by atoms with Gasteiger partial charge in [0.2, 0.25) is 0 Å². The van der Waals surface area contributed by atoms with Gasteiger partial charge in [-0.15, -0.1) is 0 Å². The Morgan fingerprint density at radius 2 is 1.95 bits per heavy atom. The molecule has 0 saturated carbocycles. The number of amides is 2. The number of hydrogen-bond acceptors (Lipinski definition) is 3. The van der Waals surface area contributed by atoms with Crippen LogP contribution < -0.4 is 10.2 Å². The average Bonchev–Trinajstić information content (AvgIpc) is 3.08. The Morgan fingerprint density at radius 1 is 1.23 bits per heavy atom. The number of urea groups is 1. The van der Waals surface area contributed by atoms with Gasteiger partial charge in [0.1, 0.15) is 5.82 Å². The van der Waals surface area contributed by atoms with Crippen molar-refractivity contribution >= 4 is 11.8 Å². The number of piperidine rings is 1. The van der Waals surface area contributed by atoms with Gasteiger partial charge in [-0.3, -0.25) is 0 Å². The standard InChI is InChI=1S/C17H26N4O/c1-14-6-10-20(11-7-14)16-5-4-15(12-18-16)13-19-17(22)21-8-2-3-9-21/h4-5,12,14H,2-3,6-11,13H2,1H3,(H,19,22). The maximum atomic E-state index is 11.9. The number of anilines is 1.